The second-order valence-electron chi connectivity index (χ2n) is 5.87. The topological polar surface area (TPSA) is 75.4 Å². The SMILES string of the molecule is CC(C)[C@H](N)C(=O)Nc1ccc(CN2CCCC2=O)cc1. The van der Waals surface area contributed by atoms with E-state index in [0.717, 1.165) is 24.2 Å². The molecular weight excluding hydrogens is 266 g/mol. The molecule has 2 amide bonds. The highest BCUT2D eigenvalue weighted by molar-refractivity contribution is 5.94. The average Bonchev–Trinajstić information content (AvgIpc) is 2.85. The van der Waals surface area contributed by atoms with Gasteiger partial charge in [-0.2, -0.15) is 0 Å². The van der Waals surface area contributed by atoms with Crippen LogP contribution in [0.4, 0.5) is 5.69 Å². The van der Waals surface area contributed by atoms with Crippen LogP contribution in [0.2, 0.25) is 0 Å². The van der Waals surface area contributed by atoms with Gasteiger partial charge in [-0.1, -0.05) is 26.0 Å². The maximum absolute atomic E-state index is 11.9. The van der Waals surface area contributed by atoms with E-state index in [1.165, 1.54) is 0 Å². The van der Waals surface area contributed by atoms with Gasteiger partial charge in [-0.25, -0.2) is 0 Å². The molecule has 1 atom stereocenters. The average molecular weight is 289 g/mol. The van der Waals surface area contributed by atoms with Crippen molar-refractivity contribution in [2.45, 2.75) is 39.3 Å². The summed E-state index contributed by atoms with van der Waals surface area (Å²) in [6.45, 7) is 5.31. The highest BCUT2D eigenvalue weighted by atomic mass is 16.2. The van der Waals surface area contributed by atoms with Gasteiger partial charge in [0, 0.05) is 25.2 Å². The van der Waals surface area contributed by atoms with Crippen molar-refractivity contribution in [2.24, 2.45) is 11.7 Å². The fourth-order valence-electron chi connectivity index (χ4n) is 2.31. The van der Waals surface area contributed by atoms with Crippen LogP contribution in [-0.4, -0.2) is 29.3 Å². The van der Waals surface area contributed by atoms with Crippen LogP contribution < -0.4 is 11.1 Å². The predicted octanol–water partition coefficient (Wildman–Crippen LogP) is 1.73. The molecule has 1 saturated heterocycles. The Morgan fingerprint density at radius 3 is 2.52 bits per heavy atom. The summed E-state index contributed by atoms with van der Waals surface area (Å²) in [6, 6.07) is 7.05. The number of likely N-dealkylation sites (tertiary alicyclic amines) is 1. The number of benzene rings is 1. The fraction of sp³-hybridized carbons (Fsp3) is 0.500. The van der Waals surface area contributed by atoms with Crippen LogP contribution in [0.1, 0.15) is 32.3 Å². The molecule has 114 valence electrons. The summed E-state index contributed by atoms with van der Waals surface area (Å²) >= 11 is 0. The van der Waals surface area contributed by atoms with Crippen molar-refractivity contribution in [1.29, 1.82) is 0 Å². The zero-order valence-electron chi connectivity index (χ0n) is 12.6. The second kappa shape index (κ2) is 6.72. The summed E-state index contributed by atoms with van der Waals surface area (Å²) in [7, 11) is 0. The molecule has 0 spiro atoms. The van der Waals surface area contributed by atoms with Crippen molar-refractivity contribution in [3.8, 4) is 0 Å². The number of nitrogens with one attached hydrogen (secondary N) is 1. The summed E-state index contributed by atoms with van der Waals surface area (Å²) in [4.78, 5) is 25.3. The molecule has 5 heteroatoms. The monoisotopic (exact) mass is 289 g/mol. The Balaban J connectivity index is 1.92. The van der Waals surface area contributed by atoms with Crippen molar-refractivity contribution >= 4 is 17.5 Å². The van der Waals surface area contributed by atoms with Gasteiger partial charge in [0.25, 0.3) is 0 Å². The first-order valence-corrected chi connectivity index (χ1v) is 7.40. The smallest absolute Gasteiger partial charge is 0.241 e. The first-order chi connectivity index (χ1) is 9.97. The fourth-order valence-corrected chi connectivity index (χ4v) is 2.31. The number of rotatable bonds is 5. The first-order valence-electron chi connectivity index (χ1n) is 7.40. The third-order valence-corrected chi connectivity index (χ3v) is 3.79. The number of carbonyl (C=O) groups excluding carboxylic acids is 2. The molecule has 0 bridgehead atoms. The van der Waals surface area contributed by atoms with E-state index < -0.39 is 6.04 Å². The Labute approximate surface area is 125 Å². The largest absolute Gasteiger partial charge is 0.338 e. The molecule has 0 aromatic heterocycles. The number of nitrogens with two attached hydrogens (primary N) is 1. The van der Waals surface area contributed by atoms with Crippen molar-refractivity contribution in [1.82, 2.24) is 4.90 Å². The molecule has 1 aliphatic rings. The molecule has 1 aliphatic heterocycles. The van der Waals surface area contributed by atoms with Crippen molar-refractivity contribution < 1.29 is 9.59 Å². The summed E-state index contributed by atoms with van der Waals surface area (Å²) in [6.07, 6.45) is 1.60. The highest BCUT2D eigenvalue weighted by Crippen LogP contribution is 2.16. The highest BCUT2D eigenvalue weighted by Gasteiger charge is 2.20. The second-order valence-corrected chi connectivity index (χ2v) is 5.87. The van der Waals surface area contributed by atoms with E-state index in [9.17, 15) is 9.59 Å². The van der Waals surface area contributed by atoms with Crippen LogP contribution in [0.15, 0.2) is 24.3 Å². The van der Waals surface area contributed by atoms with E-state index in [-0.39, 0.29) is 17.7 Å². The molecule has 0 aliphatic carbocycles. The molecule has 2 rings (SSSR count). The third kappa shape index (κ3) is 4.04. The minimum atomic E-state index is -0.508. The van der Waals surface area contributed by atoms with Crippen LogP contribution in [-0.2, 0) is 16.1 Å². The molecule has 1 fully saturated rings. The lowest BCUT2D eigenvalue weighted by Gasteiger charge is -2.17. The van der Waals surface area contributed by atoms with Crippen LogP contribution in [0, 0.1) is 5.92 Å². The zero-order valence-corrected chi connectivity index (χ0v) is 12.6. The zero-order chi connectivity index (χ0) is 15.4. The van der Waals surface area contributed by atoms with Gasteiger partial charge in [0.05, 0.1) is 6.04 Å². The molecular formula is C16H23N3O2. The summed E-state index contributed by atoms with van der Waals surface area (Å²) in [5.74, 6) is 0.146. The Bertz CT molecular complexity index is 511. The number of nitrogens with zero attached hydrogens (tertiary/aromatic N) is 1. The molecule has 5 nitrogen and oxygen atoms in total. The van der Waals surface area contributed by atoms with Gasteiger partial charge < -0.3 is 16.0 Å². The van der Waals surface area contributed by atoms with Gasteiger partial charge in [0.15, 0.2) is 0 Å². The molecule has 3 N–H and O–H groups in total. The molecule has 0 radical (unpaired) electrons. The van der Waals surface area contributed by atoms with Gasteiger partial charge in [-0.3, -0.25) is 9.59 Å². The molecule has 1 aromatic rings. The number of hydrogen-bond donors (Lipinski definition) is 2. The van der Waals surface area contributed by atoms with Crippen LogP contribution >= 0.6 is 0 Å². The normalized spacial score (nSPS) is 16.4. The van der Waals surface area contributed by atoms with Gasteiger partial charge in [0.1, 0.15) is 0 Å². The Hall–Kier alpha value is -1.88. The lowest BCUT2D eigenvalue weighted by molar-refractivity contribution is -0.128. The maximum Gasteiger partial charge on any atom is 0.241 e. The van der Waals surface area contributed by atoms with Gasteiger partial charge in [-0.15, -0.1) is 0 Å². The summed E-state index contributed by atoms with van der Waals surface area (Å²) in [5.41, 5.74) is 7.60. The van der Waals surface area contributed by atoms with E-state index in [1.807, 2.05) is 43.0 Å². The Morgan fingerprint density at radius 2 is 2.00 bits per heavy atom. The lowest BCUT2D eigenvalue weighted by atomic mass is 10.0. The number of hydrogen-bond acceptors (Lipinski definition) is 3. The van der Waals surface area contributed by atoms with Crippen LogP contribution in [0.5, 0.6) is 0 Å². The van der Waals surface area contributed by atoms with E-state index in [4.69, 9.17) is 5.73 Å². The quantitative estimate of drug-likeness (QED) is 0.867. The van der Waals surface area contributed by atoms with E-state index in [0.29, 0.717) is 13.0 Å². The summed E-state index contributed by atoms with van der Waals surface area (Å²) in [5, 5.41) is 2.81. The van der Waals surface area contributed by atoms with Gasteiger partial charge in [-0.05, 0) is 30.0 Å². The lowest BCUT2D eigenvalue weighted by Crippen LogP contribution is -2.39. The molecule has 1 heterocycles. The van der Waals surface area contributed by atoms with Gasteiger partial charge in [0.2, 0.25) is 11.8 Å². The first kappa shape index (κ1) is 15.5. The standard InChI is InChI=1S/C16H23N3O2/c1-11(2)15(17)16(21)18-13-7-5-12(6-8-13)10-19-9-3-4-14(19)20/h5-8,11,15H,3-4,9-10,17H2,1-2H3,(H,18,21)/t15-/m0/s1. The van der Waals surface area contributed by atoms with Crippen LogP contribution in [0.3, 0.4) is 0 Å². The Morgan fingerprint density at radius 1 is 1.33 bits per heavy atom. The third-order valence-electron chi connectivity index (χ3n) is 3.79. The van der Waals surface area contributed by atoms with E-state index in [2.05, 4.69) is 5.32 Å². The number of carbonyl (C=O) groups is 2. The maximum atomic E-state index is 11.9. The van der Waals surface area contributed by atoms with Crippen LogP contribution in [0.25, 0.3) is 0 Å². The number of amides is 2. The molecule has 0 saturated carbocycles. The minimum absolute atomic E-state index is 0.102. The molecule has 21 heavy (non-hydrogen) atoms. The number of anilines is 1. The van der Waals surface area contributed by atoms with Crippen molar-refractivity contribution in [2.75, 3.05) is 11.9 Å². The van der Waals surface area contributed by atoms with Crippen molar-refractivity contribution in [3.63, 3.8) is 0 Å². The van der Waals surface area contributed by atoms with Crippen molar-refractivity contribution in [3.05, 3.63) is 29.8 Å². The predicted molar refractivity (Wildman–Crippen MR) is 82.5 cm³/mol. The van der Waals surface area contributed by atoms with Gasteiger partial charge >= 0.3 is 0 Å². The Kier molecular flexibility index (Phi) is 4.96. The van der Waals surface area contributed by atoms with E-state index >= 15 is 0 Å². The minimum Gasteiger partial charge on any atom is -0.338 e. The molecule has 0 unspecified atom stereocenters. The van der Waals surface area contributed by atoms with E-state index in [1.54, 1.807) is 0 Å². The summed E-state index contributed by atoms with van der Waals surface area (Å²) < 4.78 is 0. The molecule has 1 aromatic carbocycles.